The minimum atomic E-state index is -0.213. The van der Waals surface area contributed by atoms with E-state index in [0.29, 0.717) is 11.8 Å². The summed E-state index contributed by atoms with van der Waals surface area (Å²) < 4.78 is 5.38. The Balaban J connectivity index is 2.16. The van der Waals surface area contributed by atoms with Gasteiger partial charge in [-0.25, -0.2) is 0 Å². The second-order valence-corrected chi connectivity index (χ2v) is 6.45. The quantitative estimate of drug-likeness (QED) is 0.325. The lowest BCUT2D eigenvalue weighted by atomic mass is 9.73. The number of hydrogen-bond donors (Lipinski definition) is 0. The van der Waals surface area contributed by atoms with Crippen molar-refractivity contribution in [1.82, 2.24) is 0 Å². The number of hydrogen-bond acceptors (Lipinski definition) is 3. The van der Waals surface area contributed by atoms with Gasteiger partial charge >= 0.3 is 5.97 Å². The van der Waals surface area contributed by atoms with Crippen molar-refractivity contribution in [2.75, 3.05) is 6.54 Å². The van der Waals surface area contributed by atoms with Gasteiger partial charge in [-0.05, 0) is 36.6 Å². The molecule has 1 saturated heterocycles. The molecular formula is C13H21N3O2. The molecule has 1 saturated carbocycles. The predicted octanol–water partition coefficient (Wildman–Crippen LogP) is 3.59. The molecule has 1 aliphatic carbocycles. The molecule has 0 bridgehead atoms. The molecular weight excluding hydrogens is 230 g/mol. The van der Waals surface area contributed by atoms with Crippen molar-refractivity contribution in [2.45, 2.75) is 58.5 Å². The van der Waals surface area contributed by atoms with E-state index in [1.165, 1.54) is 6.42 Å². The van der Waals surface area contributed by atoms with Gasteiger partial charge in [0.25, 0.3) is 0 Å². The summed E-state index contributed by atoms with van der Waals surface area (Å²) in [6.45, 7) is 4.85. The molecule has 0 aromatic rings. The van der Waals surface area contributed by atoms with E-state index < -0.39 is 0 Å². The second-order valence-electron chi connectivity index (χ2n) is 6.45. The Morgan fingerprint density at radius 3 is 2.89 bits per heavy atom. The van der Waals surface area contributed by atoms with Gasteiger partial charge in [-0.1, -0.05) is 25.4 Å². The summed E-state index contributed by atoms with van der Waals surface area (Å²) in [5.41, 5.74) is 8.70. The van der Waals surface area contributed by atoms with Gasteiger partial charge in [-0.3, -0.25) is 4.79 Å². The number of carbonyl (C=O) groups is 1. The van der Waals surface area contributed by atoms with E-state index in [1.54, 1.807) is 0 Å². The number of cyclic esters (lactones) is 1. The fourth-order valence-electron chi connectivity index (χ4n) is 3.32. The molecule has 2 unspecified atom stereocenters. The van der Waals surface area contributed by atoms with Crippen LogP contribution in [0.1, 0.15) is 52.4 Å². The molecule has 0 N–H and O–H groups in total. The molecule has 5 nitrogen and oxygen atoms in total. The molecule has 1 heterocycles. The molecule has 2 fully saturated rings. The molecule has 5 heteroatoms. The van der Waals surface area contributed by atoms with Crippen LogP contribution < -0.4 is 0 Å². The van der Waals surface area contributed by atoms with E-state index >= 15 is 0 Å². The SMILES string of the molecule is CC1(C)CCCC2(CC1)CC(=O)OC2CN=[N+]=[N-]. The second kappa shape index (κ2) is 4.81. The van der Waals surface area contributed by atoms with Crippen LogP contribution >= 0.6 is 0 Å². The highest BCUT2D eigenvalue weighted by atomic mass is 16.6. The third-order valence-electron chi connectivity index (χ3n) is 4.59. The lowest BCUT2D eigenvalue weighted by molar-refractivity contribution is -0.141. The summed E-state index contributed by atoms with van der Waals surface area (Å²) in [4.78, 5) is 14.4. The number of carbonyl (C=O) groups excluding carboxylic acids is 1. The van der Waals surface area contributed by atoms with Crippen molar-refractivity contribution in [3.05, 3.63) is 10.4 Å². The fourth-order valence-corrected chi connectivity index (χ4v) is 3.32. The third-order valence-corrected chi connectivity index (χ3v) is 4.59. The highest BCUT2D eigenvalue weighted by Gasteiger charge is 2.49. The first-order valence-corrected chi connectivity index (χ1v) is 6.68. The third kappa shape index (κ3) is 2.61. The fraction of sp³-hybridized carbons (Fsp3) is 0.923. The van der Waals surface area contributed by atoms with Gasteiger partial charge in [-0.15, -0.1) is 0 Å². The van der Waals surface area contributed by atoms with Crippen LogP contribution in [0, 0.1) is 10.8 Å². The van der Waals surface area contributed by atoms with E-state index in [4.69, 9.17) is 10.3 Å². The van der Waals surface area contributed by atoms with Crippen LogP contribution in [0.15, 0.2) is 5.11 Å². The van der Waals surface area contributed by atoms with E-state index in [2.05, 4.69) is 23.9 Å². The van der Waals surface area contributed by atoms with Crippen molar-refractivity contribution in [3.63, 3.8) is 0 Å². The van der Waals surface area contributed by atoms with Crippen molar-refractivity contribution < 1.29 is 9.53 Å². The molecule has 0 amide bonds. The molecule has 0 aromatic heterocycles. The van der Waals surface area contributed by atoms with Crippen LogP contribution in [0.4, 0.5) is 0 Å². The zero-order chi connectivity index (χ0) is 13.2. The van der Waals surface area contributed by atoms with Crippen molar-refractivity contribution in [2.24, 2.45) is 15.9 Å². The number of esters is 1. The van der Waals surface area contributed by atoms with Crippen LogP contribution in [-0.4, -0.2) is 18.6 Å². The molecule has 0 radical (unpaired) electrons. The molecule has 1 spiro atoms. The van der Waals surface area contributed by atoms with Gasteiger partial charge in [0.2, 0.25) is 0 Å². The van der Waals surface area contributed by atoms with Crippen LogP contribution in [0.3, 0.4) is 0 Å². The number of nitrogens with zero attached hydrogens (tertiary/aromatic N) is 3. The maximum Gasteiger partial charge on any atom is 0.306 e. The Morgan fingerprint density at radius 1 is 1.39 bits per heavy atom. The summed E-state index contributed by atoms with van der Waals surface area (Å²) in [5, 5.41) is 3.61. The zero-order valence-electron chi connectivity index (χ0n) is 11.2. The van der Waals surface area contributed by atoms with E-state index in [1.807, 2.05) is 0 Å². The molecule has 18 heavy (non-hydrogen) atoms. The molecule has 2 aliphatic rings. The summed E-state index contributed by atoms with van der Waals surface area (Å²) in [6.07, 6.45) is 5.71. The van der Waals surface area contributed by atoms with Gasteiger partial charge in [0.05, 0.1) is 13.0 Å². The maximum absolute atomic E-state index is 11.6. The smallest absolute Gasteiger partial charge is 0.306 e. The maximum atomic E-state index is 11.6. The predicted molar refractivity (Wildman–Crippen MR) is 67.8 cm³/mol. The van der Waals surface area contributed by atoms with Gasteiger partial charge in [0.15, 0.2) is 0 Å². The molecule has 100 valence electrons. The lowest BCUT2D eigenvalue weighted by Crippen LogP contribution is -2.33. The van der Waals surface area contributed by atoms with Gasteiger partial charge in [0, 0.05) is 10.3 Å². The molecule has 2 atom stereocenters. The van der Waals surface area contributed by atoms with Crippen molar-refractivity contribution in [3.8, 4) is 0 Å². The summed E-state index contributed by atoms with van der Waals surface area (Å²) >= 11 is 0. The normalized spacial score (nSPS) is 34.8. The lowest BCUT2D eigenvalue weighted by Gasteiger charge is -2.31. The largest absolute Gasteiger partial charge is 0.462 e. The number of azide groups is 1. The van der Waals surface area contributed by atoms with E-state index in [9.17, 15) is 4.79 Å². The number of ether oxygens (including phenoxy) is 1. The topological polar surface area (TPSA) is 75.1 Å². The van der Waals surface area contributed by atoms with Crippen LogP contribution in [0.5, 0.6) is 0 Å². The van der Waals surface area contributed by atoms with E-state index in [-0.39, 0.29) is 24.0 Å². The van der Waals surface area contributed by atoms with Crippen LogP contribution in [0.25, 0.3) is 10.4 Å². The summed E-state index contributed by atoms with van der Waals surface area (Å²) in [7, 11) is 0. The molecule has 2 rings (SSSR count). The minimum Gasteiger partial charge on any atom is -0.462 e. The molecule has 1 aliphatic heterocycles. The average Bonchev–Trinajstić information content (AvgIpc) is 2.51. The van der Waals surface area contributed by atoms with Crippen molar-refractivity contribution >= 4 is 5.97 Å². The van der Waals surface area contributed by atoms with Crippen LogP contribution in [-0.2, 0) is 9.53 Å². The Hall–Kier alpha value is -1.22. The van der Waals surface area contributed by atoms with Crippen molar-refractivity contribution in [1.29, 1.82) is 0 Å². The van der Waals surface area contributed by atoms with Gasteiger partial charge in [-0.2, -0.15) is 0 Å². The molecule has 0 aromatic carbocycles. The Morgan fingerprint density at radius 2 is 2.17 bits per heavy atom. The zero-order valence-corrected chi connectivity index (χ0v) is 11.2. The summed E-state index contributed by atoms with van der Waals surface area (Å²) in [6, 6.07) is 0. The standard InChI is InChI=1S/C13H21N3O2/c1-12(2)4-3-5-13(7-6-12)8-11(17)18-10(13)9-15-16-14/h10H,3-9H2,1-2H3. The first-order valence-electron chi connectivity index (χ1n) is 6.68. The van der Waals surface area contributed by atoms with E-state index in [0.717, 1.165) is 25.7 Å². The highest BCUT2D eigenvalue weighted by Crippen LogP contribution is 2.50. The Bertz CT molecular complexity index is 388. The van der Waals surface area contributed by atoms with Crippen LogP contribution in [0.2, 0.25) is 0 Å². The highest BCUT2D eigenvalue weighted by molar-refractivity contribution is 5.73. The van der Waals surface area contributed by atoms with Gasteiger partial charge < -0.3 is 4.74 Å². The minimum absolute atomic E-state index is 0.0843. The Kier molecular flexibility index (Phi) is 3.53. The van der Waals surface area contributed by atoms with Gasteiger partial charge in [0.1, 0.15) is 6.10 Å². The Labute approximate surface area is 108 Å². The first kappa shape index (κ1) is 13.2. The summed E-state index contributed by atoms with van der Waals surface area (Å²) in [5.74, 6) is -0.132. The average molecular weight is 251 g/mol. The first-order chi connectivity index (χ1) is 8.47. The number of rotatable bonds is 2. The monoisotopic (exact) mass is 251 g/mol.